The van der Waals surface area contributed by atoms with Gasteiger partial charge in [-0.15, -0.1) is 11.3 Å². The third kappa shape index (κ3) is 2.94. The van der Waals surface area contributed by atoms with Crippen LogP contribution in [0.5, 0.6) is 0 Å². The van der Waals surface area contributed by atoms with E-state index in [4.69, 9.17) is 0 Å². The van der Waals surface area contributed by atoms with Crippen molar-refractivity contribution >= 4 is 17.1 Å². The van der Waals surface area contributed by atoms with E-state index in [1.165, 1.54) is 30.6 Å². The number of carbonyl (C=O) groups is 1. The zero-order chi connectivity index (χ0) is 11.4. The summed E-state index contributed by atoms with van der Waals surface area (Å²) in [5.41, 5.74) is 0. The van der Waals surface area contributed by atoms with Crippen LogP contribution in [0.2, 0.25) is 0 Å². The number of hydrogen-bond acceptors (Lipinski definition) is 2. The zero-order valence-corrected chi connectivity index (χ0v) is 10.8. The Balaban J connectivity index is 1.82. The lowest BCUT2D eigenvalue weighted by Gasteiger charge is -2.06. The summed E-state index contributed by atoms with van der Waals surface area (Å²) >= 11 is 1.67. The molecule has 1 fully saturated rings. The molecular formula is C14H20OS. The third-order valence-electron chi connectivity index (χ3n) is 3.54. The molecule has 16 heavy (non-hydrogen) atoms. The summed E-state index contributed by atoms with van der Waals surface area (Å²) in [5, 5.41) is 0. The van der Waals surface area contributed by atoms with Crippen LogP contribution < -0.4 is 0 Å². The van der Waals surface area contributed by atoms with E-state index in [1.807, 2.05) is 6.07 Å². The molecule has 1 nitrogen and oxygen atoms in total. The summed E-state index contributed by atoms with van der Waals surface area (Å²) in [4.78, 5) is 14.2. The van der Waals surface area contributed by atoms with Crippen LogP contribution in [0.3, 0.4) is 0 Å². The van der Waals surface area contributed by atoms with Crippen molar-refractivity contribution in [1.82, 2.24) is 0 Å². The Hall–Kier alpha value is -0.630. The number of carbonyl (C=O) groups excluding carboxylic acids is 1. The van der Waals surface area contributed by atoms with Gasteiger partial charge in [0.15, 0.2) is 5.78 Å². The minimum Gasteiger partial charge on any atom is -0.293 e. The molecule has 1 saturated carbocycles. The van der Waals surface area contributed by atoms with Crippen molar-refractivity contribution in [2.24, 2.45) is 5.92 Å². The van der Waals surface area contributed by atoms with Crippen LogP contribution in [0.15, 0.2) is 12.1 Å². The SMILES string of the molecule is CCc1ccc(C(=O)CCC2CCCC2)s1. The standard InChI is InChI=1S/C14H20OS/c1-2-12-8-10-14(16-12)13(15)9-7-11-5-3-4-6-11/h8,10-11H,2-7,9H2,1H3. The Kier molecular flexibility index (Phi) is 4.16. The predicted octanol–water partition coefficient (Wildman–Crippen LogP) is 4.46. The summed E-state index contributed by atoms with van der Waals surface area (Å²) < 4.78 is 0. The molecule has 1 aromatic heterocycles. The molecule has 0 atom stereocenters. The van der Waals surface area contributed by atoms with Gasteiger partial charge in [0, 0.05) is 11.3 Å². The van der Waals surface area contributed by atoms with Gasteiger partial charge in [0.25, 0.3) is 0 Å². The Morgan fingerprint density at radius 1 is 1.38 bits per heavy atom. The second-order valence-electron chi connectivity index (χ2n) is 4.73. The van der Waals surface area contributed by atoms with E-state index >= 15 is 0 Å². The summed E-state index contributed by atoms with van der Waals surface area (Å²) in [7, 11) is 0. The molecule has 1 aliphatic rings. The largest absolute Gasteiger partial charge is 0.293 e. The highest BCUT2D eigenvalue weighted by Gasteiger charge is 2.17. The maximum Gasteiger partial charge on any atom is 0.172 e. The highest BCUT2D eigenvalue weighted by molar-refractivity contribution is 7.14. The molecule has 0 aliphatic heterocycles. The second kappa shape index (κ2) is 5.62. The van der Waals surface area contributed by atoms with Gasteiger partial charge >= 0.3 is 0 Å². The predicted molar refractivity (Wildman–Crippen MR) is 69.2 cm³/mol. The highest BCUT2D eigenvalue weighted by Crippen LogP contribution is 2.29. The summed E-state index contributed by atoms with van der Waals surface area (Å²) in [6, 6.07) is 4.09. The molecule has 2 rings (SSSR count). The monoisotopic (exact) mass is 236 g/mol. The fourth-order valence-electron chi connectivity index (χ4n) is 2.48. The Labute approximate surface area is 102 Å². The van der Waals surface area contributed by atoms with Crippen LogP contribution in [0, 0.1) is 5.92 Å². The molecule has 0 saturated heterocycles. The van der Waals surface area contributed by atoms with Crippen molar-refractivity contribution in [2.75, 3.05) is 0 Å². The van der Waals surface area contributed by atoms with Crippen LogP contribution >= 0.6 is 11.3 Å². The topological polar surface area (TPSA) is 17.1 Å². The second-order valence-corrected chi connectivity index (χ2v) is 5.90. The van der Waals surface area contributed by atoms with Gasteiger partial charge in [-0.1, -0.05) is 32.6 Å². The first-order chi connectivity index (χ1) is 7.79. The quantitative estimate of drug-likeness (QED) is 0.690. The first-order valence-corrected chi connectivity index (χ1v) is 7.23. The minimum atomic E-state index is 0.358. The summed E-state index contributed by atoms with van der Waals surface area (Å²) in [6.07, 6.45) is 8.35. The number of rotatable bonds is 5. The minimum absolute atomic E-state index is 0.358. The van der Waals surface area contributed by atoms with Gasteiger partial charge in [-0.2, -0.15) is 0 Å². The maximum absolute atomic E-state index is 11.9. The molecule has 88 valence electrons. The van der Waals surface area contributed by atoms with Crippen molar-refractivity contribution in [2.45, 2.75) is 51.9 Å². The fraction of sp³-hybridized carbons (Fsp3) is 0.643. The fourth-order valence-corrected chi connectivity index (χ4v) is 3.39. The van der Waals surface area contributed by atoms with E-state index in [0.717, 1.165) is 30.1 Å². The van der Waals surface area contributed by atoms with Crippen LogP contribution in [-0.4, -0.2) is 5.78 Å². The lowest BCUT2D eigenvalue weighted by atomic mass is 10.00. The average molecular weight is 236 g/mol. The van der Waals surface area contributed by atoms with Crippen molar-refractivity contribution in [3.63, 3.8) is 0 Å². The van der Waals surface area contributed by atoms with Crippen molar-refractivity contribution in [1.29, 1.82) is 0 Å². The molecule has 0 radical (unpaired) electrons. The van der Waals surface area contributed by atoms with Gasteiger partial charge in [0.2, 0.25) is 0 Å². The summed E-state index contributed by atoms with van der Waals surface area (Å²) in [6.45, 7) is 2.14. The smallest absolute Gasteiger partial charge is 0.172 e. The molecule has 0 N–H and O–H groups in total. The van der Waals surface area contributed by atoms with Gasteiger partial charge in [-0.25, -0.2) is 0 Å². The number of ketones is 1. The van der Waals surface area contributed by atoms with Crippen LogP contribution in [0.1, 0.15) is 60.0 Å². The van der Waals surface area contributed by atoms with E-state index in [1.54, 1.807) is 11.3 Å². The molecule has 0 bridgehead atoms. The summed E-state index contributed by atoms with van der Waals surface area (Å²) in [5.74, 6) is 1.19. The molecule has 2 heteroatoms. The van der Waals surface area contributed by atoms with Crippen molar-refractivity contribution in [3.05, 3.63) is 21.9 Å². The van der Waals surface area contributed by atoms with Gasteiger partial charge in [0.1, 0.15) is 0 Å². The molecule has 1 heterocycles. The van der Waals surface area contributed by atoms with Crippen molar-refractivity contribution < 1.29 is 4.79 Å². The van der Waals surface area contributed by atoms with E-state index in [9.17, 15) is 4.79 Å². The number of aryl methyl sites for hydroxylation is 1. The average Bonchev–Trinajstić information content (AvgIpc) is 2.96. The number of hydrogen-bond donors (Lipinski definition) is 0. The van der Waals surface area contributed by atoms with Crippen LogP contribution in [0.25, 0.3) is 0 Å². The number of Topliss-reactive ketones (excluding diaryl/α,β-unsaturated/α-hetero) is 1. The first-order valence-electron chi connectivity index (χ1n) is 6.41. The van der Waals surface area contributed by atoms with Gasteiger partial charge in [0.05, 0.1) is 4.88 Å². The molecule has 0 unspecified atom stereocenters. The van der Waals surface area contributed by atoms with Crippen LogP contribution in [-0.2, 0) is 6.42 Å². The van der Waals surface area contributed by atoms with E-state index in [-0.39, 0.29) is 0 Å². The molecule has 1 aromatic rings. The van der Waals surface area contributed by atoms with Gasteiger partial charge in [-0.3, -0.25) is 4.79 Å². The van der Waals surface area contributed by atoms with Gasteiger partial charge < -0.3 is 0 Å². The molecule has 0 aromatic carbocycles. The lowest BCUT2D eigenvalue weighted by molar-refractivity contribution is 0.0978. The first kappa shape index (κ1) is 11.8. The Morgan fingerprint density at radius 3 is 2.75 bits per heavy atom. The molecule has 0 amide bonds. The van der Waals surface area contributed by atoms with Crippen molar-refractivity contribution in [3.8, 4) is 0 Å². The van der Waals surface area contributed by atoms with E-state index in [0.29, 0.717) is 5.78 Å². The molecule has 0 spiro atoms. The maximum atomic E-state index is 11.9. The highest BCUT2D eigenvalue weighted by atomic mass is 32.1. The Bertz CT molecular complexity index is 347. The van der Waals surface area contributed by atoms with E-state index in [2.05, 4.69) is 13.0 Å². The molecule has 1 aliphatic carbocycles. The lowest BCUT2D eigenvalue weighted by Crippen LogP contribution is -2.00. The number of thiophene rings is 1. The van der Waals surface area contributed by atoms with E-state index < -0.39 is 0 Å². The normalized spacial score (nSPS) is 16.8. The molecular weight excluding hydrogens is 216 g/mol. The Morgan fingerprint density at radius 2 is 2.12 bits per heavy atom. The van der Waals surface area contributed by atoms with Crippen LogP contribution in [0.4, 0.5) is 0 Å². The van der Waals surface area contributed by atoms with Gasteiger partial charge in [-0.05, 0) is 30.9 Å². The zero-order valence-electron chi connectivity index (χ0n) is 10.00. The third-order valence-corrected chi connectivity index (χ3v) is 4.81.